The van der Waals surface area contributed by atoms with Crippen LogP contribution in [-0.4, -0.2) is 19.9 Å². The van der Waals surface area contributed by atoms with Crippen LogP contribution < -0.4 is 0 Å². The fraction of sp³-hybridized carbons (Fsp3) is 0.0182. The highest BCUT2D eigenvalue weighted by atomic mass is 32.2. The molecule has 0 radical (unpaired) electrons. The molecule has 4 nitrogen and oxygen atoms in total. The van der Waals surface area contributed by atoms with Crippen LogP contribution >= 0.6 is 11.8 Å². The average Bonchev–Trinajstić information content (AvgIpc) is 3.61. The number of hydrogen-bond donors (Lipinski definition) is 0. The molecular weight excluding hydrogens is 749 g/mol. The van der Waals surface area contributed by atoms with E-state index < -0.39 is 5.41 Å². The predicted octanol–water partition coefficient (Wildman–Crippen LogP) is 13.6. The Morgan fingerprint density at radius 1 is 0.333 bits per heavy atom. The van der Waals surface area contributed by atoms with E-state index in [-0.39, 0.29) is 0 Å². The molecule has 8 aromatic carbocycles. The van der Waals surface area contributed by atoms with Crippen molar-refractivity contribution in [1.82, 2.24) is 19.9 Å². The molecule has 0 unspecified atom stereocenters. The summed E-state index contributed by atoms with van der Waals surface area (Å²) in [6.07, 6.45) is 1.89. The van der Waals surface area contributed by atoms with Crippen LogP contribution in [0.2, 0.25) is 0 Å². The van der Waals surface area contributed by atoms with E-state index in [2.05, 4.69) is 170 Å². The smallest absolute Gasteiger partial charge is 0.164 e. The maximum atomic E-state index is 5.28. The summed E-state index contributed by atoms with van der Waals surface area (Å²) in [7, 11) is 0. The van der Waals surface area contributed by atoms with Crippen molar-refractivity contribution in [2.45, 2.75) is 15.2 Å². The van der Waals surface area contributed by atoms with E-state index in [4.69, 9.17) is 19.9 Å². The van der Waals surface area contributed by atoms with E-state index in [0.717, 1.165) is 49.8 Å². The third-order valence-electron chi connectivity index (χ3n) is 12.0. The van der Waals surface area contributed by atoms with Gasteiger partial charge in [-0.2, -0.15) is 0 Å². The molecule has 3 heterocycles. The number of aromatic nitrogens is 4. The number of fused-ring (bicyclic) bond motifs is 10. The standard InChI is InChI=1S/C55H34N4S/c1-3-14-35(15-4-1)38-19-11-20-40(32-38)53-57-52(37-16-5-2-6-17-37)58-54(59-53)41-28-30-44-43-29-27-39(42-22-12-18-36-21-13-31-56-51(36)42)33-47(43)55(48(44)34-41)45-23-7-9-25-49(45)60-50-26-10-8-24-46(50)55/h1-34H. The maximum Gasteiger partial charge on any atom is 0.164 e. The fourth-order valence-corrected chi connectivity index (χ4v) is 10.6. The zero-order chi connectivity index (χ0) is 39.6. The van der Waals surface area contributed by atoms with Crippen LogP contribution in [0.15, 0.2) is 216 Å². The van der Waals surface area contributed by atoms with E-state index in [1.54, 1.807) is 0 Å². The Morgan fingerprint density at radius 3 is 1.55 bits per heavy atom. The SMILES string of the molecule is c1ccc(-c2cccc(-c3nc(-c4ccccc4)nc(-c4ccc5c(c4)C4(c6ccccc6Sc6ccccc64)c4cc(-c6cccc7cccnc67)ccc4-5)n3)c2)cc1. The van der Waals surface area contributed by atoms with Crippen LogP contribution in [0.3, 0.4) is 0 Å². The van der Waals surface area contributed by atoms with Crippen molar-refractivity contribution >= 4 is 22.7 Å². The summed E-state index contributed by atoms with van der Waals surface area (Å²) in [6.45, 7) is 0. The van der Waals surface area contributed by atoms with Crippen molar-refractivity contribution in [3.05, 3.63) is 229 Å². The van der Waals surface area contributed by atoms with Crippen molar-refractivity contribution in [2.75, 3.05) is 0 Å². The van der Waals surface area contributed by atoms with Crippen LogP contribution in [0, 0.1) is 0 Å². The number of pyridine rings is 1. The monoisotopic (exact) mass is 782 g/mol. The van der Waals surface area contributed by atoms with Crippen molar-refractivity contribution < 1.29 is 0 Å². The maximum absolute atomic E-state index is 5.28. The first-order valence-electron chi connectivity index (χ1n) is 20.2. The molecule has 1 spiro atoms. The Kier molecular flexibility index (Phi) is 7.97. The van der Waals surface area contributed by atoms with Crippen molar-refractivity contribution in [3.8, 4) is 67.5 Å². The molecular formula is C55H34N4S. The molecule has 0 N–H and O–H groups in total. The molecule has 0 atom stereocenters. The highest BCUT2D eigenvalue weighted by Crippen LogP contribution is 2.63. The summed E-state index contributed by atoms with van der Waals surface area (Å²) >= 11 is 1.85. The van der Waals surface area contributed by atoms with Gasteiger partial charge in [-0.1, -0.05) is 176 Å². The number of rotatable bonds is 5. The van der Waals surface area contributed by atoms with Gasteiger partial charge in [-0.25, -0.2) is 15.0 Å². The number of para-hydroxylation sites is 1. The van der Waals surface area contributed by atoms with Crippen LogP contribution in [0.4, 0.5) is 0 Å². The highest BCUT2D eigenvalue weighted by Gasteiger charge is 2.50. The summed E-state index contributed by atoms with van der Waals surface area (Å²) in [5.74, 6) is 1.90. The van der Waals surface area contributed by atoms with E-state index in [9.17, 15) is 0 Å². The zero-order valence-electron chi connectivity index (χ0n) is 32.3. The van der Waals surface area contributed by atoms with Gasteiger partial charge < -0.3 is 0 Å². The fourth-order valence-electron chi connectivity index (χ4n) is 9.36. The molecule has 0 bridgehead atoms. The van der Waals surface area contributed by atoms with E-state index in [1.165, 1.54) is 43.2 Å². The summed E-state index contributed by atoms with van der Waals surface area (Å²) in [6, 6.07) is 71.5. The van der Waals surface area contributed by atoms with Gasteiger partial charge in [0.1, 0.15) is 0 Å². The second-order valence-corrected chi connectivity index (χ2v) is 16.4. The minimum Gasteiger partial charge on any atom is -0.256 e. The Balaban J connectivity index is 1.10. The van der Waals surface area contributed by atoms with Crippen molar-refractivity contribution in [2.24, 2.45) is 0 Å². The normalized spacial score (nSPS) is 13.1. The molecule has 0 amide bonds. The summed E-state index contributed by atoms with van der Waals surface area (Å²) in [4.78, 5) is 23.0. The van der Waals surface area contributed by atoms with Crippen LogP contribution in [-0.2, 0) is 5.41 Å². The van der Waals surface area contributed by atoms with Crippen molar-refractivity contribution in [1.29, 1.82) is 0 Å². The Labute approximate surface area is 352 Å². The molecule has 280 valence electrons. The quantitative estimate of drug-likeness (QED) is 0.174. The number of benzene rings is 8. The summed E-state index contributed by atoms with van der Waals surface area (Å²) in [5.41, 5.74) is 15.2. The minimum absolute atomic E-state index is 0.602. The minimum atomic E-state index is -0.602. The van der Waals surface area contributed by atoms with Gasteiger partial charge in [-0.05, 0) is 86.5 Å². The first kappa shape index (κ1) is 34.6. The van der Waals surface area contributed by atoms with Gasteiger partial charge in [0.15, 0.2) is 17.5 Å². The third-order valence-corrected chi connectivity index (χ3v) is 13.2. The molecule has 1 aliphatic carbocycles. The average molecular weight is 783 g/mol. The second-order valence-electron chi connectivity index (χ2n) is 15.4. The molecule has 2 aromatic heterocycles. The van der Waals surface area contributed by atoms with Gasteiger partial charge in [0, 0.05) is 43.6 Å². The topological polar surface area (TPSA) is 51.6 Å². The van der Waals surface area contributed by atoms with Crippen LogP contribution in [0.25, 0.3) is 78.4 Å². The lowest BCUT2D eigenvalue weighted by molar-refractivity contribution is 0.722. The van der Waals surface area contributed by atoms with E-state index in [1.807, 2.05) is 48.3 Å². The van der Waals surface area contributed by atoms with Crippen LogP contribution in [0.5, 0.6) is 0 Å². The van der Waals surface area contributed by atoms with E-state index in [0.29, 0.717) is 17.5 Å². The van der Waals surface area contributed by atoms with E-state index >= 15 is 0 Å². The summed E-state index contributed by atoms with van der Waals surface area (Å²) < 4.78 is 0. The summed E-state index contributed by atoms with van der Waals surface area (Å²) in [5, 5.41) is 1.13. The molecule has 1 aliphatic heterocycles. The lowest BCUT2D eigenvalue weighted by atomic mass is 9.67. The Hall–Kier alpha value is -7.47. The Bertz CT molecular complexity index is 3260. The number of nitrogens with zero attached hydrogens (tertiary/aromatic N) is 4. The second kappa shape index (κ2) is 13.8. The molecule has 0 saturated carbocycles. The molecule has 60 heavy (non-hydrogen) atoms. The highest BCUT2D eigenvalue weighted by molar-refractivity contribution is 7.99. The predicted molar refractivity (Wildman–Crippen MR) is 244 cm³/mol. The van der Waals surface area contributed by atoms with Crippen molar-refractivity contribution in [3.63, 3.8) is 0 Å². The zero-order valence-corrected chi connectivity index (χ0v) is 33.1. The van der Waals surface area contributed by atoms with Gasteiger partial charge in [0.25, 0.3) is 0 Å². The number of hydrogen-bond acceptors (Lipinski definition) is 5. The molecule has 12 rings (SSSR count). The molecule has 5 heteroatoms. The van der Waals surface area contributed by atoms with Gasteiger partial charge in [-0.3, -0.25) is 4.98 Å². The largest absolute Gasteiger partial charge is 0.256 e. The molecule has 0 fully saturated rings. The first-order chi connectivity index (χ1) is 29.7. The first-order valence-corrected chi connectivity index (χ1v) is 21.0. The Morgan fingerprint density at radius 2 is 0.850 bits per heavy atom. The molecule has 0 saturated heterocycles. The van der Waals surface area contributed by atoms with Crippen LogP contribution in [0.1, 0.15) is 22.3 Å². The lowest BCUT2D eigenvalue weighted by Crippen LogP contribution is -2.32. The van der Waals surface area contributed by atoms with Gasteiger partial charge >= 0.3 is 0 Å². The lowest BCUT2D eigenvalue weighted by Gasteiger charge is -2.39. The molecule has 10 aromatic rings. The molecule has 2 aliphatic rings. The third kappa shape index (κ3) is 5.40. The van der Waals surface area contributed by atoms with Gasteiger partial charge in [-0.15, -0.1) is 0 Å². The van der Waals surface area contributed by atoms with Gasteiger partial charge in [0.2, 0.25) is 0 Å². The van der Waals surface area contributed by atoms with Gasteiger partial charge in [0.05, 0.1) is 10.9 Å².